The van der Waals surface area contributed by atoms with Crippen LogP contribution in [0.15, 0.2) is 48.7 Å². The molecule has 6 nitrogen and oxygen atoms in total. The summed E-state index contributed by atoms with van der Waals surface area (Å²) in [6, 6.07) is 5.23. The third-order valence-corrected chi connectivity index (χ3v) is 4.35. The van der Waals surface area contributed by atoms with Crippen LogP contribution in [0.2, 0.25) is 5.02 Å². The Hall–Kier alpha value is -2.60. The van der Waals surface area contributed by atoms with Gasteiger partial charge in [-0.1, -0.05) is 30.3 Å². The van der Waals surface area contributed by atoms with Crippen LogP contribution >= 0.6 is 11.6 Å². The maximum Gasteiger partial charge on any atom is 0.274 e. The molecule has 0 N–H and O–H groups in total. The van der Waals surface area contributed by atoms with Crippen LogP contribution < -0.4 is 4.74 Å². The smallest absolute Gasteiger partial charge is 0.274 e. The number of nitrogens with zero attached hydrogens (tertiary/aromatic N) is 4. The fraction of sp³-hybridized carbons (Fsp3) is 0.278. The van der Waals surface area contributed by atoms with E-state index in [9.17, 15) is 4.79 Å². The first-order valence-electron chi connectivity index (χ1n) is 7.99. The summed E-state index contributed by atoms with van der Waals surface area (Å²) in [5.41, 5.74) is 2.19. The van der Waals surface area contributed by atoms with Gasteiger partial charge in [0.15, 0.2) is 0 Å². The minimum absolute atomic E-state index is 0.177. The highest BCUT2D eigenvalue weighted by molar-refractivity contribution is 6.33. The van der Waals surface area contributed by atoms with Crippen LogP contribution in [-0.4, -0.2) is 38.7 Å². The molecule has 7 heteroatoms. The van der Waals surface area contributed by atoms with E-state index in [1.165, 1.54) is 0 Å². The summed E-state index contributed by atoms with van der Waals surface area (Å²) >= 11 is 6.08. The monoisotopic (exact) mass is 358 g/mol. The van der Waals surface area contributed by atoms with Crippen molar-refractivity contribution in [2.75, 3.05) is 13.2 Å². The summed E-state index contributed by atoms with van der Waals surface area (Å²) in [6.07, 6.45) is 5.27. The quantitative estimate of drug-likeness (QED) is 0.770. The van der Waals surface area contributed by atoms with E-state index in [1.807, 2.05) is 23.7 Å². The van der Waals surface area contributed by atoms with Crippen molar-refractivity contribution in [1.82, 2.24) is 19.7 Å². The third-order valence-electron chi connectivity index (χ3n) is 4.04. The summed E-state index contributed by atoms with van der Waals surface area (Å²) in [6.45, 7) is 7.69. The van der Waals surface area contributed by atoms with Crippen LogP contribution in [0.4, 0.5) is 0 Å². The molecule has 0 aromatic carbocycles. The topological polar surface area (TPSA) is 60.2 Å². The van der Waals surface area contributed by atoms with E-state index >= 15 is 0 Å². The zero-order chi connectivity index (χ0) is 17.8. The Labute approximate surface area is 151 Å². The molecule has 1 aliphatic rings. The Morgan fingerprint density at radius 1 is 1.48 bits per heavy atom. The van der Waals surface area contributed by atoms with Crippen LogP contribution in [0.5, 0.6) is 5.88 Å². The Morgan fingerprint density at radius 3 is 3.04 bits per heavy atom. The van der Waals surface area contributed by atoms with Gasteiger partial charge < -0.3 is 9.64 Å². The Balaban J connectivity index is 1.70. The number of halogens is 1. The molecule has 3 heterocycles. The Bertz CT molecular complexity index is 828. The van der Waals surface area contributed by atoms with Crippen molar-refractivity contribution in [2.45, 2.75) is 20.0 Å². The van der Waals surface area contributed by atoms with E-state index in [4.69, 9.17) is 16.3 Å². The Kier molecular flexibility index (Phi) is 5.19. The molecule has 3 rings (SSSR count). The molecule has 2 aromatic heterocycles. The molecule has 2 aromatic rings. The van der Waals surface area contributed by atoms with Crippen LogP contribution in [0.25, 0.3) is 0 Å². The van der Waals surface area contributed by atoms with Crippen molar-refractivity contribution in [2.24, 2.45) is 0 Å². The normalized spacial score (nSPS) is 14.2. The molecule has 25 heavy (non-hydrogen) atoms. The number of ether oxygens (including phenoxy) is 1. The maximum absolute atomic E-state index is 12.6. The number of amides is 1. The van der Waals surface area contributed by atoms with Crippen molar-refractivity contribution in [3.05, 3.63) is 65.1 Å². The van der Waals surface area contributed by atoms with Crippen LogP contribution in [0, 0.1) is 0 Å². The summed E-state index contributed by atoms with van der Waals surface area (Å²) < 4.78 is 7.56. The number of hydrogen-bond donors (Lipinski definition) is 0. The molecular formula is C18H19ClN4O2. The van der Waals surface area contributed by atoms with Crippen molar-refractivity contribution in [3.8, 4) is 5.88 Å². The Morgan fingerprint density at radius 2 is 2.32 bits per heavy atom. The fourth-order valence-corrected chi connectivity index (χ4v) is 2.80. The molecule has 0 aliphatic carbocycles. The lowest BCUT2D eigenvalue weighted by atomic mass is 10.2. The van der Waals surface area contributed by atoms with Crippen LogP contribution in [0.1, 0.15) is 23.1 Å². The zero-order valence-corrected chi connectivity index (χ0v) is 14.7. The summed E-state index contributed by atoms with van der Waals surface area (Å²) in [4.78, 5) is 18.4. The first kappa shape index (κ1) is 17.2. The zero-order valence-electron chi connectivity index (χ0n) is 14.0. The number of carbonyl (C=O) groups is 1. The summed E-state index contributed by atoms with van der Waals surface area (Å²) in [7, 11) is 0. The number of rotatable bonds is 5. The molecule has 0 spiro atoms. The highest BCUT2D eigenvalue weighted by Gasteiger charge is 2.25. The maximum atomic E-state index is 12.6. The van der Waals surface area contributed by atoms with Gasteiger partial charge in [0.05, 0.1) is 23.8 Å². The van der Waals surface area contributed by atoms with Gasteiger partial charge in [0.1, 0.15) is 12.3 Å². The van der Waals surface area contributed by atoms with Crippen molar-refractivity contribution < 1.29 is 9.53 Å². The van der Waals surface area contributed by atoms with Gasteiger partial charge >= 0.3 is 0 Å². The van der Waals surface area contributed by atoms with Gasteiger partial charge in [0, 0.05) is 18.8 Å². The number of pyridine rings is 1. The number of carbonyl (C=O) groups excluding carboxylic acids is 1. The number of aromatic nitrogens is 3. The number of hydrogen-bond acceptors (Lipinski definition) is 4. The molecule has 1 aliphatic heterocycles. The lowest BCUT2D eigenvalue weighted by molar-refractivity contribution is 0.0700. The van der Waals surface area contributed by atoms with E-state index in [1.54, 1.807) is 29.3 Å². The van der Waals surface area contributed by atoms with Crippen molar-refractivity contribution in [1.29, 1.82) is 0 Å². The third kappa shape index (κ3) is 3.74. The molecule has 0 saturated carbocycles. The standard InChI is InChI=1S/C18H19ClN4O2/c1-3-13(4-2)12-25-16-10-14-11-22(8-9-23(14)21-16)18(24)17-15(19)6-5-7-20-17/h3-7,10H,1,8-9,11-12H2,2H3/b13-4+. The van der Waals surface area contributed by atoms with Crippen LogP contribution in [-0.2, 0) is 13.1 Å². The lowest BCUT2D eigenvalue weighted by Crippen LogP contribution is -2.38. The average molecular weight is 359 g/mol. The lowest BCUT2D eigenvalue weighted by Gasteiger charge is -2.27. The largest absolute Gasteiger partial charge is 0.472 e. The molecule has 0 radical (unpaired) electrons. The van der Waals surface area contributed by atoms with Gasteiger partial charge in [-0.05, 0) is 24.6 Å². The molecule has 0 atom stereocenters. The molecule has 0 saturated heterocycles. The van der Waals surface area contributed by atoms with Gasteiger partial charge in [0.25, 0.3) is 5.91 Å². The van der Waals surface area contributed by atoms with E-state index in [2.05, 4.69) is 16.7 Å². The molecular weight excluding hydrogens is 340 g/mol. The predicted molar refractivity (Wildman–Crippen MR) is 95.7 cm³/mol. The van der Waals surface area contributed by atoms with Crippen molar-refractivity contribution >= 4 is 17.5 Å². The van der Waals surface area contributed by atoms with Gasteiger partial charge in [-0.3, -0.25) is 9.48 Å². The van der Waals surface area contributed by atoms with Crippen molar-refractivity contribution in [3.63, 3.8) is 0 Å². The molecule has 130 valence electrons. The fourth-order valence-electron chi connectivity index (χ4n) is 2.59. The molecule has 1 amide bonds. The summed E-state index contributed by atoms with van der Waals surface area (Å²) in [5.74, 6) is 0.366. The average Bonchev–Trinajstić information content (AvgIpc) is 3.04. The number of allylic oxidation sites excluding steroid dienone is 1. The number of fused-ring (bicyclic) bond motifs is 1. The van der Waals surface area contributed by atoms with E-state index in [-0.39, 0.29) is 11.6 Å². The van der Waals surface area contributed by atoms with E-state index in [0.29, 0.717) is 37.1 Å². The van der Waals surface area contributed by atoms with Gasteiger partial charge in [-0.25, -0.2) is 4.98 Å². The second-order valence-electron chi connectivity index (χ2n) is 5.61. The van der Waals surface area contributed by atoms with E-state index in [0.717, 1.165) is 11.3 Å². The second kappa shape index (κ2) is 7.53. The highest BCUT2D eigenvalue weighted by atomic mass is 35.5. The van der Waals surface area contributed by atoms with E-state index < -0.39 is 0 Å². The summed E-state index contributed by atoms with van der Waals surface area (Å²) in [5, 5.41) is 4.79. The van der Waals surface area contributed by atoms with Gasteiger partial charge in [0.2, 0.25) is 5.88 Å². The first-order valence-corrected chi connectivity index (χ1v) is 8.37. The minimum atomic E-state index is -0.177. The first-order chi connectivity index (χ1) is 12.1. The molecule has 0 unspecified atom stereocenters. The molecule has 0 fully saturated rings. The molecule has 0 bridgehead atoms. The predicted octanol–water partition coefficient (Wildman–Crippen LogP) is 3.10. The van der Waals surface area contributed by atoms with Gasteiger partial charge in [-0.15, -0.1) is 5.10 Å². The minimum Gasteiger partial charge on any atom is -0.472 e. The van der Waals surface area contributed by atoms with Gasteiger partial charge in [-0.2, -0.15) is 0 Å². The SMILES string of the molecule is C=C/C(=C\C)COc1cc2n(n1)CCN(C(=O)c1ncccc1Cl)C2. The second-order valence-corrected chi connectivity index (χ2v) is 6.02. The highest BCUT2D eigenvalue weighted by Crippen LogP contribution is 2.21. The van der Waals surface area contributed by atoms with Crippen LogP contribution in [0.3, 0.4) is 0 Å².